The monoisotopic (exact) mass is 351 g/mol. The Bertz CT molecular complexity index is 596. The average Bonchev–Trinajstić information content (AvgIpc) is 3.08. The SMILES string of the molecule is CNC(CCc1ccc2c(c1)CCO2)c1ccc(Br)s1. The van der Waals surface area contributed by atoms with Crippen molar-refractivity contribution in [1.29, 1.82) is 0 Å². The summed E-state index contributed by atoms with van der Waals surface area (Å²) in [7, 11) is 2.04. The van der Waals surface area contributed by atoms with Gasteiger partial charge in [0.15, 0.2) is 0 Å². The predicted octanol–water partition coefficient (Wildman–Crippen LogP) is 4.34. The molecule has 0 radical (unpaired) electrons. The fourth-order valence-electron chi connectivity index (χ4n) is 2.65. The van der Waals surface area contributed by atoms with Gasteiger partial charge in [0.1, 0.15) is 5.75 Å². The maximum Gasteiger partial charge on any atom is 0.122 e. The minimum absolute atomic E-state index is 0.427. The third-order valence-electron chi connectivity index (χ3n) is 3.76. The minimum Gasteiger partial charge on any atom is -0.493 e. The lowest BCUT2D eigenvalue weighted by Crippen LogP contribution is -2.15. The summed E-state index contributed by atoms with van der Waals surface area (Å²) < 4.78 is 6.75. The van der Waals surface area contributed by atoms with E-state index in [1.807, 2.05) is 18.4 Å². The molecule has 2 nitrogen and oxygen atoms in total. The smallest absolute Gasteiger partial charge is 0.122 e. The van der Waals surface area contributed by atoms with Gasteiger partial charge in [-0.05, 0) is 65.1 Å². The van der Waals surface area contributed by atoms with Crippen molar-refractivity contribution in [3.8, 4) is 5.75 Å². The molecule has 1 N–H and O–H groups in total. The molecular weight excluding hydrogens is 334 g/mol. The van der Waals surface area contributed by atoms with Gasteiger partial charge in [0.2, 0.25) is 0 Å². The zero-order chi connectivity index (χ0) is 13.9. The molecule has 20 heavy (non-hydrogen) atoms. The van der Waals surface area contributed by atoms with Crippen molar-refractivity contribution in [3.05, 3.63) is 50.1 Å². The standard InChI is InChI=1S/C16H18BrNOS/c1-18-13(15-6-7-16(17)20-15)4-2-11-3-5-14-12(10-11)8-9-19-14/h3,5-7,10,13,18H,2,4,8-9H2,1H3. The molecule has 0 fully saturated rings. The first-order valence-corrected chi connectivity index (χ1v) is 8.54. The lowest BCUT2D eigenvalue weighted by atomic mass is 10.0. The van der Waals surface area contributed by atoms with E-state index in [2.05, 4.69) is 51.6 Å². The third-order valence-corrected chi connectivity index (χ3v) is 5.50. The average molecular weight is 352 g/mol. The summed E-state index contributed by atoms with van der Waals surface area (Å²) >= 11 is 5.35. The van der Waals surface area contributed by atoms with Gasteiger partial charge in [-0.2, -0.15) is 0 Å². The van der Waals surface area contributed by atoms with Crippen molar-refractivity contribution in [2.45, 2.75) is 25.3 Å². The Morgan fingerprint density at radius 2 is 2.25 bits per heavy atom. The van der Waals surface area contributed by atoms with Crippen LogP contribution >= 0.6 is 27.3 Å². The Kier molecular flexibility index (Phi) is 4.44. The Hall–Kier alpha value is -0.840. The fourth-order valence-corrected chi connectivity index (χ4v) is 4.22. The van der Waals surface area contributed by atoms with Crippen LogP contribution in [0.25, 0.3) is 0 Å². The van der Waals surface area contributed by atoms with Gasteiger partial charge in [-0.3, -0.25) is 0 Å². The van der Waals surface area contributed by atoms with Crippen molar-refractivity contribution in [1.82, 2.24) is 5.32 Å². The zero-order valence-electron chi connectivity index (χ0n) is 11.5. The van der Waals surface area contributed by atoms with E-state index in [0.29, 0.717) is 6.04 Å². The molecule has 0 saturated carbocycles. The number of benzene rings is 1. The van der Waals surface area contributed by atoms with Crippen LogP contribution in [-0.2, 0) is 12.8 Å². The summed E-state index contributed by atoms with van der Waals surface area (Å²) in [5.41, 5.74) is 2.77. The molecule has 0 amide bonds. The normalized spacial score (nSPS) is 14.9. The van der Waals surface area contributed by atoms with Crippen LogP contribution in [0.2, 0.25) is 0 Å². The number of thiophene rings is 1. The number of aryl methyl sites for hydroxylation is 1. The van der Waals surface area contributed by atoms with Crippen molar-refractivity contribution >= 4 is 27.3 Å². The summed E-state index contributed by atoms with van der Waals surface area (Å²) in [6.45, 7) is 0.834. The molecule has 0 saturated heterocycles. The highest BCUT2D eigenvalue weighted by Gasteiger charge is 2.14. The summed E-state index contributed by atoms with van der Waals surface area (Å²) in [6.07, 6.45) is 3.26. The van der Waals surface area contributed by atoms with E-state index in [1.165, 1.54) is 19.8 Å². The molecule has 1 aromatic heterocycles. The van der Waals surface area contributed by atoms with Crippen LogP contribution in [0.5, 0.6) is 5.75 Å². The van der Waals surface area contributed by atoms with Crippen LogP contribution in [-0.4, -0.2) is 13.7 Å². The first-order valence-electron chi connectivity index (χ1n) is 6.93. The van der Waals surface area contributed by atoms with Crippen LogP contribution < -0.4 is 10.1 Å². The van der Waals surface area contributed by atoms with E-state index in [4.69, 9.17) is 4.74 Å². The van der Waals surface area contributed by atoms with Gasteiger partial charge in [0, 0.05) is 17.3 Å². The van der Waals surface area contributed by atoms with Crippen LogP contribution in [0.4, 0.5) is 0 Å². The highest BCUT2D eigenvalue weighted by Crippen LogP contribution is 2.31. The van der Waals surface area contributed by atoms with Crippen LogP contribution in [0.1, 0.15) is 28.5 Å². The number of hydrogen-bond acceptors (Lipinski definition) is 3. The zero-order valence-corrected chi connectivity index (χ0v) is 13.9. The molecule has 106 valence electrons. The van der Waals surface area contributed by atoms with E-state index in [-0.39, 0.29) is 0 Å². The predicted molar refractivity (Wildman–Crippen MR) is 87.8 cm³/mol. The Morgan fingerprint density at radius 3 is 3.00 bits per heavy atom. The summed E-state index contributed by atoms with van der Waals surface area (Å²) in [5, 5.41) is 3.42. The highest BCUT2D eigenvalue weighted by molar-refractivity contribution is 9.11. The van der Waals surface area contributed by atoms with Gasteiger partial charge in [-0.15, -0.1) is 11.3 Å². The quantitative estimate of drug-likeness (QED) is 0.864. The van der Waals surface area contributed by atoms with Crippen molar-refractivity contribution in [2.75, 3.05) is 13.7 Å². The number of nitrogens with one attached hydrogen (secondary N) is 1. The van der Waals surface area contributed by atoms with Crippen LogP contribution in [0.3, 0.4) is 0 Å². The Labute approximate surface area is 132 Å². The molecule has 2 aromatic rings. The van der Waals surface area contributed by atoms with E-state index in [0.717, 1.165) is 31.6 Å². The van der Waals surface area contributed by atoms with E-state index in [1.54, 1.807) is 0 Å². The molecule has 1 unspecified atom stereocenters. The van der Waals surface area contributed by atoms with Crippen molar-refractivity contribution in [3.63, 3.8) is 0 Å². The molecule has 0 bridgehead atoms. The molecule has 4 heteroatoms. The molecule has 0 spiro atoms. The maximum absolute atomic E-state index is 5.56. The Balaban J connectivity index is 1.66. The van der Waals surface area contributed by atoms with Crippen LogP contribution in [0.15, 0.2) is 34.1 Å². The number of halogens is 1. The summed E-state index contributed by atoms with van der Waals surface area (Å²) in [6, 6.07) is 11.4. The maximum atomic E-state index is 5.56. The number of rotatable bonds is 5. The van der Waals surface area contributed by atoms with E-state index < -0.39 is 0 Å². The second-order valence-electron chi connectivity index (χ2n) is 5.06. The summed E-state index contributed by atoms with van der Waals surface area (Å²) in [4.78, 5) is 1.39. The Morgan fingerprint density at radius 1 is 1.35 bits per heavy atom. The van der Waals surface area contributed by atoms with Crippen molar-refractivity contribution < 1.29 is 4.74 Å². The lowest BCUT2D eigenvalue weighted by molar-refractivity contribution is 0.357. The second-order valence-corrected chi connectivity index (χ2v) is 7.56. The molecule has 3 rings (SSSR count). The third kappa shape index (κ3) is 3.08. The van der Waals surface area contributed by atoms with E-state index >= 15 is 0 Å². The summed E-state index contributed by atoms with van der Waals surface area (Å²) in [5.74, 6) is 1.07. The van der Waals surface area contributed by atoms with Gasteiger partial charge in [-0.1, -0.05) is 12.1 Å². The number of ether oxygens (including phenoxy) is 1. The largest absolute Gasteiger partial charge is 0.493 e. The van der Waals surface area contributed by atoms with Gasteiger partial charge < -0.3 is 10.1 Å². The molecule has 1 aliphatic rings. The minimum atomic E-state index is 0.427. The number of fused-ring (bicyclic) bond motifs is 1. The topological polar surface area (TPSA) is 21.3 Å². The van der Waals surface area contributed by atoms with Gasteiger partial charge in [0.05, 0.1) is 10.4 Å². The van der Waals surface area contributed by atoms with Gasteiger partial charge >= 0.3 is 0 Å². The highest BCUT2D eigenvalue weighted by atomic mass is 79.9. The molecule has 1 aromatic carbocycles. The molecular formula is C16H18BrNOS. The first-order chi connectivity index (χ1) is 9.76. The van der Waals surface area contributed by atoms with Gasteiger partial charge in [-0.25, -0.2) is 0 Å². The van der Waals surface area contributed by atoms with E-state index in [9.17, 15) is 0 Å². The molecule has 2 heterocycles. The second kappa shape index (κ2) is 6.29. The lowest BCUT2D eigenvalue weighted by Gasteiger charge is -2.14. The molecule has 1 aliphatic heterocycles. The van der Waals surface area contributed by atoms with Gasteiger partial charge in [0.25, 0.3) is 0 Å². The fraction of sp³-hybridized carbons (Fsp3) is 0.375. The molecule has 1 atom stereocenters. The molecule has 0 aliphatic carbocycles. The van der Waals surface area contributed by atoms with Crippen LogP contribution in [0, 0.1) is 0 Å². The number of hydrogen-bond donors (Lipinski definition) is 1. The first kappa shape index (κ1) is 14.1. The van der Waals surface area contributed by atoms with Crippen molar-refractivity contribution in [2.24, 2.45) is 0 Å².